The Morgan fingerprint density at radius 3 is 2.85 bits per heavy atom. The van der Waals surface area contributed by atoms with Crippen LogP contribution in [0.4, 0.5) is 0 Å². The molecule has 0 aliphatic heterocycles. The van der Waals surface area contributed by atoms with Gasteiger partial charge in [-0.3, -0.25) is 0 Å². The Hall–Kier alpha value is -1.18. The zero-order valence-corrected chi connectivity index (χ0v) is 8.21. The molecule has 0 aromatic heterocycles. The molecule has 0 atom stereocenters. The van der Waals surface area contributed by atoms with Gasteiger partial charge in [0, 0.05) is 6.07 Å². The van der Waals surface area contributed by atoms with Gasteiger partial charge in [-0.2, -0.15) is 0 Å². The molecule has 0 radical (unpaired) electrons. The van der Waals surface area contributed by atoms with E-state index in [0.29, 0.717) is 0 Å². The molecule has 0 unspecified atom stereocenters. The molecule has 0 fully saturated rings. The summed E-state index contributed by atoms with van der Waals surface area (Å²) in [7, 11) is 0. The van der Waals surface area contributed by atoms with Crippen LogP contribution < -0.4 is 4.74 Å². The van der Waals surface area contributed by atoms with Crippen molar-refractivity contribution in [1.82, 2.24) is 0 Å². The fourth-order valence-electron chi connectivity index (χ4n) is 1.07. The summed E-state index contributed by atoms with van der Waals surface area (Å²) < 4.78 is 5.50. The number of phenolic OH excluding ortho intramolecular Hbond substituents is 1. The first-order valence-corrected chi connectivity index (χ1v) is 4.66. The van der Waals surface area contributed by atoms with Crippen LogP contribution in [0.2, 0.25) is 0 Å². The molecule has 0 amide bonds. The fourth-order valence-corrected chi connectivity index (χ4v) is 1.07. The maximum atomic E-state index is 9.21. The SMILES string of the molecule is CCCCOc1cc(O)ccc1C. The van der Waals surface area contributed by atoms with E-state index in [4.69, 9.17) is 4.74 Å². The lowest BCUT2D eigenvalue weighted by Crippen LogP contribution is -1.97. The van der Waals surface area contributed by atoms with Gasteiger partial charge in [0.15, 0.2) is 0 Å². The van der Waals surface area contributed by atoms with Crippen LogP contribution in [0.25, 0.3) is 0 Å². The van der Waals surface area contributed by atoms with Crippen molar-refractivity contribution in [2.75, 3.05) is 6.61 Å². The zero-order valence-electron chi connectivity index (χ0n) is 8.21. The number of phenols is 1. The third kappa shape index (κ3) is 2.98. The first-order valence-electron chi connectivity index (χ1n) is 4.66. The highest BCUT2D eigenvalue weighted by molar-refractivity contribution is 5.38. The number of unbranched alkanes of at least 4 members (excludes halogenated alkanes) is 1. The Morgan fingerprint density at radius 1 is 1.38 bits per heavy atom. The highest BCUT2D eigenvalue weighted by Crippen LogP contribution is 2.23. The van der Waals surface area contributed by atoms with E-state index in [1.165, 1.54) is 0 Å². The van der Waals surface area contributed by atoms with Crippen molar-refractivity contribution in [3.8, 4) is 11.5 Å². The maximum Gasteiger partial charge on any atom is 0.125 e. The van der Waals surface area contributed by atoms with Crippen LogP contribution in [0.5, 0.6) is 11.5 Å². The summed E-state index contributed by atoms with van der Waals surface area (Å²) in [4.78, 5) is 0. The van der Waals surface area contributed by atoms with Gasteiger partial charge in [0.2, 0.25) is 0 Å². The summed E-state index contributed by atoms with van der Waals surface area (Å²) in [5, 5.41) is 9.21. The summed E-state index contributed by atoms with van der Waals surface area (Å²) in [5.74, 6) is 1.05. The van der Waals surface area contributed by atoms with Crippen molar-refractivity contribution in [1.29, 1.82) is 0 Å². The van der Waals surface area contributed by atoms with E-state index in [2.05, 4.69) is 6.92 Å². The lowest BCUT2D eigenvalue weighted by atomic mass is 10.2. The molecule has 0 aliphatic carbocycles. The molecule has 2 heteroatoms. The van der Waals surface area contributed by atoms with Crippen LogP contribution in [0.3, 0.4) is 0 Å². The van der Waals surface area contributed by atoms with Gasteiger partial charge in [0.05, 0.1) is 6.61 Å². The average molecular weight is 180 g/mol. The van der Waals surface area contributed by atoms with E-state index in [9.17, 15) is 5.11 Å². The van der Waals surface area contributed by atoms with E-state index in [-0.39, 0.29) is 5.75 Å². The molecule has 0 bridgehead atoms. The van der Waals surface area contributed by atoms with Crippen LogP contribution in [-0.2, 0) is 0 Å². The average Bonchev–Trinajstić information content (AvgIpc) is 2.11. The molecule has 0 spiro atoms. The molecule has 2 nitrogen and oxygen atoms in total. The molecular weight excluding hydrogens is 164 g/mol. The Morgan fingerprint density at radius 2 is 2.15 bits per heavy atom. The van der Waals surface area contributed by atoms with E-state index in [0.717, 1.165) is 30.8 Å². The summed E-state index contributed by atoms with van der Waals surface area (Å²) >= 11 is 0. The summed E-state index contributed by atoms with van der Waals surface area (Å²) in [6.07, 6.45) is 2.17. The highest BCUT2D eigenvalue weighted by atomic mass is 16.5. The van der Waals surface area contributed by atoms with Gasteiger partial charge < -0.3 is 9.84 Å². The second-order valence-electron chi connectivity index (χ2n) is 3.15. The van der Waals surface area contributed by atoms with Gasteiger partial charge in [0.25, 0.3) is 0 Å². The third-order valence-electron chi connectivity index (χ3n) is 1.93. The molecule has 1 rings (SSSR count). The second kappa shape index (κ2) is 4.75. The van der Waals surface area contributed by atoms with Crippen LogP contribution in [0, 0.1) is 6.92 Å². The zero-order chi connectivity index (χ0) is 9.68. The molecular formula is C11H16O2. The predicted octanol–water partition coefficient (Wildman–Crippen LogP) is 2.88. The lowest BCUT2D eigenvalue weighted by Gasteiger charge is -2.08. The minimum atomic E-state index is 0.261. The van der Waals surface area contributed by atoms with Crippen molar-refractivity contribution in [2.24, 2.45) is 0 Å². The first-order chi connectivity index (χ1) is 6.24. The highest BCUT2D eigenvalue weighted by Gasteiger charge is 1.99. The number of ether oxygens (including phenoxy) is 1. The lowest BCUT2D eigenvalue weighted by molar-refractivity contribution is 0.305. The number of aromatic hydroxyl groups is 1. The topological polar surface area (TPSA) is 29.5 Å². The van der Waals surface area contributed by atoms with Crippen molar-refractivity contribution in [3.63, 3.8) is 0 Å². The van der Waals surface area contributed by atoms with Crippen molar-refractivity contribution >= 4 is 0 Å². The number of benzene rings is 1. The van der Waals surface area contributed by atoms with Crippen LogP contribution >= 0.6 is 0 Å². The molecule has 1 aromatic rings. The molecule has 0 aliphatic rings. The van der Waals surface area contributed by atoms with Gasteiger partial charge in [-0.05, 0) is 25.0 Å². The smallest absolute Gasteiger partial charge is 0.125 e. The minimum Gasteiger partial charge on any atom is -0.508 e. The Balaban J connectivity index is 2.59. The molecule has 1 N–H and O–H groups in total. The van der Waals surface area contributed by atoms with E-state index >= 15 is 0 Å². The summed E-state index contributed by atoms with van der Waals surface area (Å²) in [6, 6.07) is 5.18. The van der Waals surface area contributed by atoms with E-state index in [1.807, 2.05) is 13.0 Å². The van der Waals surface area contributed by atoms with E-state index in [1.54, 1.807) is 12.1 Å². The predicted molar refractivity (Wildman–Crippen MR) is 53.2 cm³/mol. The number of rotatable bonds is 4. The molecule has 1 aromatic carbocycles. The Labute approximate surface area is 79.2 Å². The van der Waals surface area contributed by atoms with Crippen LogP contribution in [0.15, 0.2) is 18.2 Å². The van der Waals surface area contributed by atoms with Crippen molar-refractivity contribution in [2.45, 2.75) is 26.7 Å². The maximum absolute atomic E-state index is 9.21. The second-order valence-corrected chi connectivity index (χ2v) is 3.15. The van der Waals surface area contributed by atoms with Gasteiger partial charge >= 0.3 is 0 Å². The molecule has 13 heavy (non-hydrogen) atoms. The first kappa shape index (κ1) is 9.90. The standard InChI is InChI=1S/C11H16O2/c1-3-4-7-13-11-8-10(12)6-5-9(11)2/h5-6,8,12H,3-4,7H2,1-2H3. The van der Waals surface area contributed by atoms with E-state index < -0.39 is 0 Å². The molecule has 0 heterocycles. The summed E-state index contributed by atoms with van der Waals surface area (Å²) in [6.45, 7) is 4.82. The van der Waals surface area contributed by atoms with Crippen molar-refractivity contribution in [3.05, 3.63) is 23.8 Å². The van der Waals surface area contributed by atoms with Crippen LogP contribution in [-0.4, -0.2) is 11.7 Å². The van der Waals surface area contributed by atoms with Crippen molar-refractivity contribution < 1.29 is 9.84 Å². The van der Waals surface area contributed by atoms with Gasteiger partial charge in [-0.15, -0.1) is 0 Å². The normalized spacial score (nSPS) is 10.0. The number of hydrogen-bond donors (Lipinski definition) is 1. The third-order valence-corrected chi connectivity index (χ3v) is 1.93. The molecule has 0 saturated heterocycles. The number of hydrogen-bond acceptors (Lipinski definition) is 2. The summed E-state index contributed by atoms with van der Waals surface area (Å²) in [5.41, 5.74) is 1.06. The quantitative estimate of drug-likeness (QED) is 0.722. The van der Waals surface area contributed by atoms with Gasteiger partial charge in [-0.25, -0.2) is 0 Å². The molecule has 0 saturated carbocycles. The van der Waals surface area contributed by atoms with Crippen LogP contribution in [0.1, 0.15) is 25.3 Å². The molecule has 72 valence electrons. The Bertz CT molecular complexity index is 269. The minimum absolute atomic E-state index is 0.261. The van der Waals surface area contributed by atoms with Gasteiger partial charge in [-0.1, -0.05) is 19.4 Å². The van der Waals surface area contributed by atoms with Gasteiger partial charge in [0.1, 0.15) is 11.5 Å². The monoisotopic (exact) mass is 180 g/mol. The number of aryl methyl sites for hydroxylation is 1. The fraction of sp³-hybridized carbons (Fsp3) is 0.455. The Kier molecular flexibility index (Phi) is 3.62. The largest absolute Gasteiger partial charge is 0.508 e.